The van der Waals surface area contributed by atoms with Crippen molar-refractivity contribution in [2.75, 3.05) is 12.3 Å². The molecule has 3 rings (SSSR count). The third-order valence-corrected chi connectivity index (χ3v) is 5.79. The molecule has 2 aromatic rings. The predicted octanol–water partition coefficient (Wildman–Crippen LogP) is 5.28. The molecule has 0 aromatic heterocycles. The Labute approximate surface area is 156 Å². The number of amides is 1. The molecule has 0 spiro atoms. The number of benzene rings is 2. The Morgan fingerprint density at radius 1 is 1.12 bits per heavy atom. The number of carbonyl (C=O) groups excluding carboxylic acids is 1. The van der Waals surface area contributed by atoms with Gasteiger partial charge in [-0.3, -0.25) is 4.79 Å². The normalized spacial score (nSPS) is 17.8. The monoisotopic (exact) mass is 429 g/mol. The SMILES string of the molecule is O=C(Cc1ccc(C(F)(F)F)cc1)N1CCSC1c1ccc(Br)cc1. The molecule has 1 heterocycles. The van der Waals surface area contributed by atoms with Gasteiger partial charge in [0.1, 0.15) is 5.37 Å². The van der Waals surface area contributed by atoms with E-state index in [0.29, 0.717) is 12.1 Å². The molecule has 2 aromatic carbocycles. The molecule has 7 heteroatoms. The highest BCUT2D eigenvalue weighted by Crippen LogP contribution is 2.38. The fraction of sp³-hybridized carbons (Fsp3) is 0.278. The van der Waals surface area contributed by atoms with Crippen molar-refractivity contribution >= 4 is 33.6 Å². The average Bonchev–Trinajstić information content (AvgIpc) is 3.05. The number of halogens is 4. The van der Waals surface area contributed by atoms with E-state index in [1.54, 1.807) is 16.7 Å². The molecular weight excluding hydrogens is 415 g/mol. The van der Waals surface area contributed by atoms with E-state index in [-0.39, 0.29) is 17.7 Å². The fourth-order valence-electron chi connectivity index (χ4n) is 2.72. The largest absolute Gasteiger partial charge is 0.416 e. The van der Waals surface area contributed by atoms with Gasteiger partial charge in [-0.05, 0) is 35.4 Å². The molecule has 1 fully saturated rings. The summed E-state index contributed by atoms with van der Waals surface area (Å²) in [4.78, 5) is 14.4. The van der Waals surface area contributed by atoms with E-state index in [2.05, 4.69) is 15.9 Å². The zero-order valence-corrected chi connectivity index (χ0v) is 15.5. The molecule has 1 amide bonds. The maximum Gasteiger partial charge on any atom is 0.416 e. The van der Waals surface area contributed by atoms with E-state index >= 15 is 0 Å². The molecule has 1 aliphatic heterocycles. The van der Waals surface area contributed by atoms with Gasteiger partial charge in [-0.1, -0.05) is 40.2 Å². The minimum absolute atomic E-state index is 0.0463. The standard InChI is InChI=1S/C18H15BrF3NOS/c19-15-7-3-13(4-8-15)17-23(9-10-25-17)16(24)11-12-1-5-14(6-2-12)18(20,21)22/h1-8,17H,9-11H2. The van der Waals surface area contributed by atoms with Crippen molar-refractivity contribution in [3.8, 4) is 0 Å². The van der Waals surface area contributed by atoms with Crippen molar-refractivity contribution < 1.29 is 18.0 Å². The Morgan fingerprint density at radius 3 is 2.36 bits per heavy atom. The van der Waals surface area contributed by atoms with Crippen LogP contribution in [-0.2, 0) is 17.4 Å². The van der Waals surface area contributed by atoms with Crippen LogP contribution in [0.3, 0.4) is 0 Å². The van der Waals surface area contributed by atoms with Gasteiger partial charge in [0.15, 0.2) is 0 Å². The van der Waals surface area contributed by atoms with Gasteiger partial charge in [0.2, 0.25) is 5.91 Å². The van der Waals surface area contributed by atoms with Gasteiger partial charge in [0, 0.05) is 16.8 Å². The summed E-state index contributed by atoms with van der Waals surface area (Å²) in [5.74, 6) is 0.775. The van der Waals surface area contributed by atoms with E-state index in [1.165, 1.54) is 12.1 Å². The molecule has 0 saturated carbocycles. The molecule has 0 radical (unpaired) electrons. The van der Waals surface area contributed by atoms with Crippen LogP contribution in [-0.4, -0.2) is 23.1 Å². The zero-order chi connectivity index (χ0) is 18.0. The van der Waals surface area contributed by atoms with Crippen LogP contribution in [0.5, 0.6) is 0 Å². The van der Waals surface area contributed by atoms with Gasteiger partial charge < -0.3 is 4.90 Å². The highest BCUT2D eigenvalue weighted by atomic mass is 79.9. The first-order valence-electron chi connectivity index (χ1n) is 7.67. The Kier molecular flexibility index (Phi) is 5.43. The summed E-state index contributed by atoms with van der Waals surface area (Å²) in [5, 5.41) is -0.0463. The third kappa shape index (κ3) is 4.39. The van der Waals surface area contributed by atoms with Crippen molar-refractivity contribution in [3.63, 3.8) is 0 Å². The van der Waals surface area contributed by atoms with Crippen LogP contribution in [0, 0.1) is 0 Å². The van der Waals surface area contributed by atoms with E-state index in [4.69, 9.17) is 0 Å². The fourth-order valence-corrected chi connectivity index (χ4v) is 4.26. The van der Waals surface area contributed by atoms with Crippen LogP contribution in [0.15, 0.2) is 53.0 Å². The smallest absolute Gasteiger partial charge is 0.325 e. The lowest BCUT2D eigenvalue weighted by Gasteiger charge is -2.24. The van der Waals surface area contributed by atoms with Gasteiger partial charge >= 0.3 is 6.18 Å². The molecule has 1 unspecified atom stereocenters. The second-order valence-electron chi connectivity index (χ2n) is 5.73. The quantitative estimate of drug-likeness (QED) is 0.660. The Balaban J connectivity index is 1.70. The Morgan fingerprint density at radius 2 is 1.76 bits per heavy atom. The van der Waals surface area contributed by atoms with Crippen molar-refractivity contribution in [3.05, 3.63) is 69.7 Å². The second-order valence-corrected chi connectivity index (χ2v) is 7.84. The summed E-state index contributed by atoms with van der Waals surface area (Å²) in [6.07, 6.45) is -4.26. The van der Waals surface area contributed by atoms with Crippen molar-refractivity contribution in [2.45, 2.75) is 18.0 Å². The number of hydrogen-bond donors (Lipinski definition) is 0. The first-order valence-corrected chi connectivity index (χ1v) is 9.51. The van der Waals surface area contributed by atoms with Crippen molar-refractivity contribution in [2.24, 2.45) is 0 Å². The molecule has 0 bridgehead atoms. The number of thioether (sulfide) groups is 1. The third-order valence-electron chi connectivity index (χ3n) is 4.00. The maximum absolute atomic E-state index is 12.6. The van der Waals surface area contributed by atoms with Gasteiger partial charge in [0.05, 0.1) is 12.0 Å². The summed E-state index contributed by atoms with van der Waals surface area (Å²) < 4.78 is 38.8. The second kappa shape index (κ2) is 7.41. The first kappa shape index (κ1) is 18.3. The lowest BCUT2D eigenvalue weighted by molar-refractivity contribution is -0.137. The molecule has 1 aliphatic rings. The molecular formula is C18H15BrF3NOS. The summed E-state index contributed by atoms with van der Waals surface area (Å²) in [6.45, 7) is 0.644. The van der Waals surface area contributed by atoms with Crippen molar-refractivity contribution in [1.82, 2.24) is 4.90 Å². The van der Waals surface area contributed by atoms with E-state index in [0.717, 1.165) is 27.9 Å². The lowest BCUT2D eigenvalue weighted by Crippen LogP contribution is -2.31. The topological polar surface area (TPSA) is 20.3 Å². The first-order chi connectivity index (χ1) is 11.8. The number of hydrogen-bond acceptors (Lipinski definition) is 2. The molecule has 1 atom stereocenters. The molecule has 0 N–H and O–H groups in total. The summed E-state index contributed by atoms with van der Waals surface area (Å²) >= 11 is 5.09. The van der Waals surface area contributed by atoms with Crippen LogP contribution in [0.2, 0.25) is 0 Å². The average molecular weight is 430 g/mol. The van der Waals surface area contributed by atoms with E-state index < -0.39 is 11.7 Å². The molecule has 25 heavy (non-hydrogen) atoms. The highest BCUT2D eigenvalue weighted by Gasteiger charge is 2.32. The van der Waals surface area contributed by atoms with Crippen LogP contribution in [0.25, 0.3) is 0 Å². The van der Waals surface area contributed by atoms with Gasteiger partial charge in [-0.2, -0.15) is 13.2 Å². The minimum Gasteiger partial charge on any atom is -0.325 e. The molecule has 1 saturated heterocycles. The molecule has 132 valence electrons. The summed E-state index contributed by atoms with van der Waals surface area (Å²) in [6, 6.07) is 12.6. The molecule has 2 nitrogen and oxygen atoms in total. The van der Waals surface area contributed by atoms with E-state index in [9.17, 15) is 18.0 Å². The van der Waals surface area contributed by atoms with E-state index in [1.807, 2.05) is 24.3 Å². The zero-order valence-electron chi connectivity index (χ0n) is 13.1. The highest BCUT2D eigenvalue weighted by molar-refractivity contribution is 9.10. The predicted molar refractivity (Wildman–Crippen MR) is 96.2 cm³/mol. The Bertz CT molecular complexity index is 746. The molecule has 0 aliphatic carbocycles. The minimum atomic E-state index is -4.36. The number of rotatable bonds is 3. The summed E-state index contributed by atoms with van der Waals surface area (Å²) in [7, 11) is 0. The van der Waals surface area contributed by atoms with Gasteiger partial charge in [0.25, 0.3) is 0 Å². The van der Waals surface area contributed by atoms with Crippen LogP contribution in [0.4, 0.5) is 13.2 Å². The Hall–Kier alpha value is -1.47. The van der Waals surface area contributed by atoms with Gasteiger partial charge in [-0.15, -0.1) is 11.8 Å². The maximum atomic E-state index is 12.6. The summed E-state index contributed by atoms with van der Waals surface area (Å²) in [5.41, 5.74) is 0.934. The number of nitrogens with zero attached hydrogens (tertiary/aromatic N) is 1. The van der Waals surface area contributed by atoms with Crippen molar-refractivity contribution in [1.29, 1.82) is 0 Å². The number of alkyl halides is 3. The van der Waals surface area contributed by atoms with Gasteiger partial charge in [-0.25, -0.2) is 0 Å². The lowest BCUT2D eigenvalue weighted by atomic mass is 10.1. The number of carbonyl (C=O) groups is 1. The van der Waals surface area contributed by atoms with Crippen LogP contribution >= 0.6 is 27.7 Å². The van der Waals surface area contributed by atoms with Crippen LogP contribution < -0.4 is 0 Å². The van der Waals surface area contributed by atoms with Crippen LogP contribution in [0.1, 0.15) is 22.1 Å².